The van der Waals surface area contributed by atoms with Crippen LogP contribution in [0.3, 0.4) is 0 Å². The van der Waals surface area contributed by atoms with Crippen molar-refractivity contribution < 1.29 is 14.6 Å². The molecule has 3 heterocycles. The van der Waals surface area contributed by atoms with Crippen molar-refractivity contribution in [2.75, 3.05) is 18.0 Å². The summed E-state index contributed by atoms with van der Waals surface area (Å²) < 4.78 is 5.96. The van der Waals surface area contributed by atoms with E-state index in [4.69, 9.17) is 16.3 Å². The van der Waals surface area contributed by atoms with Crippen molar-refractivity contribution in [3.05, 3.63) is 41.3 Å². The fourth-order valence-corrected chi connectivity index (χ4v) is 3.94. The summed E-state index contributed by atoms with van der Waals surface area (Å²) in [5.74, 6) is -1.09. The zero-order valence-corrected chi connectivity index (χ0v) is 19.0. The Labute approximate surface area is 183 Å². The number of hydrogen-bond donors (Lipinski definition) is 1. The lowest BCUT2D eigenvalue weighted by Gasteiger charge is -2.40. The van der Waals surface area contributed by atoms with Crippen molar-refractivity contribution in [3.8, 4) is 11.3 Å². The number of pyridine rings is 2. The minimum absolute atomic E-state index is 0.145. The van der Waals surface area contributed by atoms with Crippen LogP contribution in [0.5, 0.6) is 0 Å². The van der Waals surface area contributed by atoms with Crippen molar-refractivity contribution >= 4 is 23.3 Å². The van der Waals surface area contributed by atoms with Crippen LogP contribution in [-0.2, 0) is 9.53 Å². The van der Waals surface area contributed by atoms with E-state index >= 15 is 0 Å². The molecular weight excluding hydrogens is 402 g/mol. The molecule has 7 heteroatoms. The summed E-state index contributed by atoms with van der Waals surface area (Å²) in [5.41, 5.74) is 2.20. The minimum atomic E-state index is -1.24. The van der Waals surface area contributed by atoms with Crippen LogP contribution in [0.4, 0.5) is 5.69 Å². The van der Waals surface area contributed by atoms with Gasteiger partial charge in [0.15, 0.2) is 6.10 Å². The number of carboxylic acids is 1. The molecule has 0 amide bonds. The number of aromatic nitrogens is 2. The zero-order valence-electron chi connectivity index (χ0n) is 18.3. The summed E-state index contributed by atoms with van der Waals surface area (Å²) in [6, 6.07) is 5.64. The molecule has 1 saturated heterocycles. The van der Waals surface area contributed by atoms with Gasteiger partial charge in [-0.15, -0.1) is 0 Å². The third-order valence-corrected chi connectivity index (χ3v) is 5.67. The average molecular weight is 432 g/mol. The molecule has 0 bridgehead atoms. The van der Waals surface area contributed by atoms with Gasteiger partial charge in [0.2, 0.25) is 0 Å². The Morgan fingerprint density at radius 1 is 1.23 bits per heavy atom. The van der Waals surface area contributed by atoms with Gasteiger partial charge in [-0.25, -0.2) is 9.78 Å². The molecule has 2 aromatic rings. The highest BCUT2D eigenvalue weighted by atomic mass is 35.5. The molecule has 1 aliphatic rings. The maximum absolute atomic E-state index is 12.3. The van der Waals surface area contributed by atoms with Crippen LogP contribution < -0.4 is 4.90 Å². The number of carboxylic acid groups (broad SMARTS) is 1. The SMILES string of the molecule is CC1(C)CCN(c2c(-c3ccccn3)cnc(Cl)c2[C@H](OC(C)(C)C)C(=O)O)CC1. The molecule has 30 heavy (non-hydrogen) atoms. The maximum Gasteiger partial charge on any atom is 0.337 e. The number of anilines is 1. The maximum atomic E-state index is 12.3. The van der Waals surface area contributed by atoms with Crippen molar-refractivity contribution in [2.24, 2.45) is 5.41 Å². The normalized spacial score (nSPS) is 17.6. The first-order valence-corrected chi connectivity index (χ1v) is 10.6. The third kappa shape index (κ3) is 5.10. The van der Waals surface area contributed by atoms with Gasteiger partial charge < -0.3 is 14.7 Å². The molecule has 2 aromatic heterocycles. The molecule has 1 N–H and O–H groups in total. The Hall–Kier alpha value is -2.18. The van der Waals surface area contributed by atoms with Gasteiger partial charge in [0, 0.05) is 31.0 Å². The highest BCUT2D eigenvalue weighted by Gasteiger charge is 2.36. The van der Waals surface area contributed by atoms with Gasteiger partial charge in [-0.1, -0.05) is 31.5 Å². The molecule has 0 unspecified atom stereocenters. The highest BCUT2D eigenvalue weighted by Crippen LogP contribution is 2.44. The van der Waals surface area contributed by atoms with Gasteiger partial charge in [-0.05, 0) is 51.2 Å². The van der Waals surface area contributed by atoms with Crippen molar-refractivity contribution in [1.82, 2.24) is 9.97 Å². The van der Waals surface area contributed by atoms with E-state index in [9.17, 15) is 9.90 Å². The molecule has 0 saturated carbocycles. The monoisotopic (exact) mass is 431 g/mol. The molecule has 1 fully saturated rings. The number of halogens is 1. The van der Waals surface area contributed by atoms with Gasteiger partial charge in [-0.2, -0.15) is 0 Å². The third-order valence-electron chi connectivity index (χ3n) is 5.37. The van der Waals surface area contributed by atoms with Gasteiger partial charge in [0.05, 0.1) is 22.5 Å². The van der Waals surface area contributed by atoms with Crippen LogP contribution >= 0.6 is 11.6 Å². The standard InChI is InChI=1S/C23H30ClN3O3/c1-22(2,3)30-19(21(28)29)17-18(27-12-9-23(4,5)10-13-27)15(14-26-20(17)24)16-8-6-7-11-25-16/h6-8,11,14,19H,9-10,12-13H2,1-5H3,(H,28,29)/t19-/m0/s1. The lowest BCUT2D eigenvalue weighted by Crippen LogP contribution is -2.39. The molecule has 162 valence electrons. The van der Waals surface area contributed by atoms with E-state index in [1.165, 1.54) is 0 Å². The Morgan fingerprint density at radius 3 is 2.43 bits per heavy atom. The first-order chi connectivity index (χ1) is 14.0. The van der Waals surface area contributed by atoms with E-state index in [0.29, 0.717) is 5.56 Å². The molecule has 6 nitrogen and oxygen atoms in total. The van der Waals surface area contributed by atoms with E-state index in [0.717, 1.165) is 42.9 Å². The molecule has 0 aromatic carbocycles. The van der Waals surface area contributed by atoms with Crippen LogP contribution in [-0.4, -0.2) is 39.7 Å². The molecule has 0 radical (unpaired) electrons. The van der Waals surface area contributed by atoms with Gasteiger partial charge in [-0.3, -0.25) is 4.98 Å². The predicted octanol–water partition coefficient (Wildman–Crippen LogP) is 5.36. The summed E-state index contributed by atoms with van der Waals surface area (Å²) in [7, 11) is 0. The number of carbonyl (C=O) groups is 1. The summed E-state index contributed by atoms with van der Waals surface area (Å²) in [4.78, 5) is 23.3. The second-order valence-corrected chi connectivity index (χ2v) is 9.90. The number of nitrogens with zero attached hydrogens (tertiary/aromatic N) is 3. The predicted molar refractivity (Wildman–Crippen MR) is 119 cm³/mol. The van der Waals surface area contributed by atoms with Crippen LogP contribution in [0.15, 0.2) is 30.6 Å². The Balaban J connectivity index is 2.21. The van der Waals surface area contributed by atoms with E-state index in [2.05, 4.69) is 28.7 Å². The Bertz CT molecular complexity index is 900. The summed E-state index contributed by atoms with van der Waals surface area (Å²) in [6.45, 7) is 11.6. The second kappa shape index (κ2) is 8.52. The molecular formula is C23H30ClN3O3. The largest absolute Gasteiger partial charge is 0.479 e. The second-order valence-electron chi connectivity index (χ2n) is 9.54. The van der Waals surface area contributed by atoms with Crippen LogP contribution in [0.2, 0.25) is 5.15 Å². The molecule has 0 spiro atoms. The first kappa shape index (κ1) is 22.5. The molecule has 3 rings (SSSR count). The van der Waals surface area contributed by atoms with Crippen LogP contribution in [0, 0.1) is 5.41 Å². The summed E-state index contributed by atoms with van der Waals surface area (Å²) in [6.07, 6.45) is 4.14. The smallest absolute Gasteiger partial charge is 0.337 e. The van der Waals surface area contributed by atoms with Crippen LogP contribution in [0.25, 0.3) is 11.3 Å². The number of ether oxygens (including phenoxy) is 1. The number of rotatable bonds is 5. The van der Waals surface area contributed by atoms with Gasteiger partial charge in [0.1, 0.15) is 5.15 Å². The number of piperidine rings is 1. The van der Waals surface area contributed by atoms with E-state index in [-0.39, 0.29) is 10.6 Å². The quantitative estimate of drug-likeness (QED) is 0.642. The summed E-state index contributed by atoms with van der Waals surface area (Å²) >= 11 is 6.53. The lowest BCUT2D eigenvalue weighted by molar-refractivity contribution is -0.160. The summed E-state index contributed by atoms with van der Waals surface area (Å²) in [5, 5.41) is 10.2. The topological polar surface area (TPSA) is 75.5 Å². The van der Waals surface area contributed by atoms with Crippen molar-refractivity contribution in [3.63, 3.8) is 0 Å². The van der Waals surface area contributed by atoms with E-state index < -0.39 is 17.7 Å². The number of hydrogen-bond acceptors (Lipinski definition) is 5. The Kier molecular flexibility index (Phi) is 6.39. The highest BCUT2D eigenvalue weighted by molar-refractivity contribution is 6.31. The van der Waals surface area contributed by atoms with E-state index in [1.54, 1.807) is 12.4 Å². The molecule has 1 aliphatic heterocycles. The van der Waals surface area contributed by atoms with Crippen molar-refractivity contribution in [2.45, 2.75) is 59.2 Å². The minimum Gasteiger partial charge on any atom is -0.479 e. The first-order valence-electron chi connectivity index (χ1n) is 10.2. The van der Waals surface area contributed by atoms with Gasteiger partial charge >= 0.3 is 5.97 Å². The Morgan fingerprint density at radius 2 is 1.90 bits per heavy atom. The fourth-order valence-electron chi connectivity index (χ4n) is 3.70. The lowest BCUT2D eigenvalue weighted by atomic mass is 9.82. The van der Waals surface area contributed by atoms with Gasteiger partial charge in [0.25, 0.3) is 0 Å². The molecule has 0 aliphatic carbocycles. The fraction of sp³-hybridized carbons (Fsp3) is 0.522. The number of aliphatic carboxylic acids is 1. The zero-order chi connectivity index (χ0) is 22.1. The van der Waals surface area contributed by atoms with E-state index in [1.807, 2.05) is 39.0 Å². The van der Waals surface area contributed by atoms with Crippen LogP contribution in [0.1, 0.15) is 59.1 Å². The van der Waals surface area contributed by atoms with Crippen molar-refractivity contribution in [1.29, 1.82) is 0 Å². The molecule has 1 atom stereocenters. The average Bonchev–Trinajstić information content (AvgIpc) is 2.66.